The molecule has 2 aromatic carbocycles. The summed E-state index contributed by atoms with van der Waals surface area (Å²) in [5, 5.41) is 21.9. The molecule has 0 aliphatic heterocycles. The molecule has 104 valence electrons. The lowest BCUT2D eigenvalue weighted by atomic mass is 9.80. The molecule has 0 atom stereocenters. The second-order valence-corrected chi connectivity index (χ2v) is 4.40. The van der Waals surface area contributed by atoms with Crippen LogP contribution in [0.5, 0.6) is 0 Å². The first-order valence-electron chi connectivity index (χ1n) is 6.20. The maximum atomic E-state index is 13.6. The third-order valence-corrected chi connectivity index (χ3v) is 3.00. The number of hydrogen-bond acceptors (Lipinski definition) is 5. The first kappa shape index (κ1) is 13.5. The minimum atomic E-state index is -1.53. The largest absolute Gasteiger partial charge is 0.488 e. The van der Waals surface area contributed by atoms with Crippen molar-refractivity contribution >= 4 is 12.6 Å². The average Bonchev–Trinajstić information content (AvgIpc) is 2.97. The number of hydrogen-bond donors (Lipinski definition) is 2. The Kier molecular flexibility index (Phi) is 3.51. The molecule has 0 aliphatic carbocycles. The van der Waals surface area contributed by atoms with Gasteiger partial charge in [0, 0.05) is 5.56 Å². The highest BCUT2D eigenvalue weighted by atomic mass is 19.1. The molecule has 1 heterocycles. The summed E-state index contributed by atoms with van der Waals surface area (Å²) in [6.45, 7) is 0. The molecule has 0 amide bonds. The molecular weight excluding hydrogens is 274 g/mol. The summed E-state index contributed by atoms with van der Waals surface area (Å²) in [6, 6.07) is 12.5. The molecule has 0 saturated carbocycles. The van der Waals surface area contributed by atoms with Crippen LogP contribution in [0.25, 0.3) is 22.8 Å². The Labute approximate surface area is 119 Å². The number of aromatic nitrogens is 2. The van der Waals surface area contributed by atoms with Crippen molar-refractivity contribution in [2.45, 2.75) is 0 Å². The summed E-state index contributed by atoms with van der Waals surface area (Å²) in [4.78, 5) is 4.14. The van der Waals surface area contributed by atoms with E-state index in [2.05, 4.69) is 10.1 Å². The van der Waals surface area contributed by atoms with Crippen LogP contribution in [0.2, 0.25) is 0 Å². The smallest absolute Gasteiger partial charge is 0.423 e. The van der Waals surface area contributed by atoms with Gasteiger partial charge in [0.25, 0.3) is 5.89 Å². The normalized spacial score (nSPS) is 10.6. The van der Waals surface area contributed by atoms with Crippen molar-refractivity contribution in [1.29, 1.82) is 0 Å². The molecule has 0 saturated heterocycles. The summed E-state index contributed by atoms with van der Waals surface area (Å²) in [5.41, 5.74) is 1.22. The lowest BCUT2D eigenvalue weighted by Crippen LogP contribution is -2.29. The van der Waals surface area contributed by atoms with Gasteiger partial charge in [-0.2, -0.15) is 4.98 Å². The van der Waals surface area contributed by atoms with Gasteiger partial charge in [-0.05, 0) is 17.6 Å². The van der Waals surface area contributed by atoms with Crippen molar-refractivity contribution in [3.05, 3.63) is 54.3 Å². The van der Waals surface area contributed by atoms with Crippen LogP contribution in [-0.2, 0) is 0 Å². The van der Waals surface area contributed by atoms with Gasteiger partial charge < -0.3 is 14.6 Å². The second-order valence-electron chi connectivity index (χ2n) is 4.40. The topological polar surface area (TPSA) is 79.4 Å². The van der Waals surface area contributed by atoms with Crippen molar-refractivity contribution in [3.63, 3.8) is 0 Å². The van der Waals surface area contributed by atoms with Gasteiger partial charge >= 0.3 is 7.12 Å². The van der Waals surface area contributed by atoms with E-state index in [1.54, 1.807) is 42.5 Å². The van der Waals surface area contributed by atoms with Crippen LogP contribution in [0.15, 0.2) is 53.1 Å². The van der Waals surface area contributed by atoms with Gasteiger partial charge in [-0.1, -0.05) is 41.6 Å². The van der Waals surface area contributed by atoms with Gasteiger partial charge in [0.1, 0.15) is 5.82 Å². The highest BCUT2D eigenvalue weighted by molar-refractivity contribution is 6.58. The zero-order valence-corrected chi connectivity index (χ0v) is 10.8. The minimum Gasteiger partial charge on any atom is -0.423 e. The van der Waals surface area contributed by atoms with Crippen molar-refractivity contribution in [2.24, 2.45) is 0 Å². The molecule has 0 spiro atoms. The molecule has 2 N–H and O–H groups in total. The third-order valence-electron chi connectivity index (χ3n) is 3.00. The first-order chi connectivity index (χ1) is 10.1. The maximum absolute atomic E-state index is 13.6. The Hall–Kier alpha value is -2.51. The standard InChI is InChI=1S/C14H10BFN2O3/c16-12-4-2-1-3-11(12)14-17-13(18-21-14)9-5-7-10(8-6-9)15(19)20/h1-8,19-20H. The van der Waals surface area contributed by atoms with Gasteiger partial charge in [-0.15, -0.1) is 0 Å². The van der Waals surface area contributed by atoms with Crippen LogP contribution < -0.4 is 5.46 Å². The Morgan fingerprint density at radius 1 is 1.00 bits per heavy atom. The fourth-order valence-electron chi connectivity index (χ4n) is 1.89. The molecule has 0 fully saturated rings. The Morgan fingerprint density at radius 3 is 2.38 bits per heavy atom. The van der Waals surface area contributed by atoms with Crippen molar-refractivity contribution < 1.29 is 19.0 Å². The molecule has 0 bridgehead atoms. The van der Waals surface area contributed by atoms with Crippen LogP contribution >= 0.6 is 0 Å². The number of nitrogens with zero attached hydrogens (tertiary/aromatic N) is 2. The van der Waals surface area contributed by atoms with Crippen LogP contribution in [0, 0.1) is 5.82 Å². The number of rotatable bonds is 3. The highest BCUT2D eigenvalue weighted by Gasteiger charge is 2.15. The molecule has 0 radical (unpaired) electrons. The zero-order chi connectivity index (χ0) is 14.8. The Morgan fingerprint density at radius 2 is 1.71 bits per heavy atom. The fraction of sp³-hybridized carbons (Fsp3) is 0. The average molecular weight is 284 g/mol. The quantitative estimate of drug-likeness (QED) is 0.707. The van der Waals surface area contributed by atoms with Crippen molar-refractivity contribution in [2.75, 3.05) is 0 Å². The van der Waals surface area contributed by atoms with E-state index >= 15 is 0 Å². The molecule has 21 heavy (non-hydrogen) atoms. The molecule has 1 aromatic heterocycles. The lowest BCUT2D eigenvalue weighted by Gasteiger charge is -1.99. The third kappa shape index (κ3) is 2.69. The number of halogens is 1. The summed E-state index contributed by atoms with van der Waals surface area (Å²) in [7, 11) is -1.53. The van der Waals surface area contributed by atoms with Gasteiger partial charge in [-0.25, -0.2) is 4.39 Å². The van der Waals surface area contributed by atoms with Crippen molar-refractivity contribution in [3.8, 4) is 22.8 Å². The van der Waals surface area contributed by atoms with Gasteiger partial charge in [0.2, 0.25) is 5.82 Å². The van der Waals surface area contributed by atoms with E-state index < -0.39 is 12.9 Å². The van der Waals surface area contributed by atoms with Crippen molar-refractivity contribution in [1.82, 2.24) is 10.1 Å². The lowest BCUT2D eigenvalue weighted by molar-refractivity contribution is 0.426. The van der Waals surface area contributed by atoms with E-state index in [1.165, 1.54) is 6.07 Å². The van der Waals surface area contributed by atoms with Crippen LogP contribution in [0.1, 0.15) is 0 Å². The monoisotopic (exact) mass is 284 g/mol. The molecule has 5 nitrogen and oxygen atoms in total. The van der Waals surface area contributed by atoms with Crippen LogP contribution in [-0.4, -0.2) is 27.3 Å². The molecule has 0 aliphatic rings. The molecule has 3 aromatic rings. The molecule has 0 unspecified atom stereocenters. The summed E-state index contributed by atoms with van der Waals surface area (Å²) in [5.74, 6) is -0.0481. The minimum absolute atomic E-state index is 0.0920. The molecule has 7 heteroatoms. The van der Waals surface area contributed by atoms with Crippen LogP contribution in [0.4, 0.5) is 4.39 Å². The summed E-state index contributed by atoms with van der Waals surface area (Å²) >= 11 is 0. The predicted octanol–water partition coefficient (Wildman–Crippen LogP) is 1.22. The predicted molar refractivity (Wildman–Crippen MR) is 75.0 cm³/mol. The maximum Gasteiger partial charge on any atom is 0.488 e. The van der Waals surface area contributed by atoms with E-state index in [1.807, 2.05) is 0 Å². The van der Waals surface area contributed by atoms with Gasteiger partial charge in [-0.3, -0.25) is 0 Å². The first-order valence-corrected chi connectivity index (χ1v) is 6.20. The van der Waals surface area contributed by atoms with E-state index in [0.717, 1.165) is 0 Å². The van der Waals surface area contributed by atoms with Gasteiger partial charge in [0.15, 0.2) is 0 Å². The van der Waals surface area contributed by atoms with E-state index in [9.17, 15) is 4.39 Å². The second kappa shape index (κ2) is 5.47. The van der Waals surface area contributed by atoms with Crippen LogP contribution in [0.3, 0.4) is 0 Å². The fourth-order valence-corrected chi connectivity index (χ4v) is 1.89. The van der Waals surface area contributed by atoms with Gasteiger partial charge in [0.05, 0.1) is 5.56 Å². The Bertz CT molecular complexity index is 759. The summed E-state index contributed by atoms with van der Waals surface area (Å²) in [6.07, 6.45) is 0. The molecule has 3 rings (SSSR count). The SMILES string of the molecule is OB(O)c1ccc(-c2noc(-c3ccccc3F)n2)cc1. The summed E-state index contributed by atoms with van der Waals surface area (Å²) < 4.78 is 18.7. The zero-order valence-electron chi connectivity index (χ0n) is 10.8. The Balaban J connectivity index is 1.93. The number of benzene rings is 2. The van der Waals surface area contributed by atoms with E-state index in [0.29, 0.717) is 16.9 Å². The molecular formula is C14H10BFN2O3. The highest BCUT2D eigenvalue weighted by Crippen LogP contribution is 2.23. The van der Waals surface area contributed by atoms with E-state index in [-0.39, 0.29) is 11.5 Å². The van der Waals surface area contributed by atoms with E-state index in [4.69, 9.17) is 14.6 Å².